The zero-order chi connectivity index (χ0) is 13.1. The molecule has 100 valence electrons. The molecule has 0 aromatic carbocycles. The summed E-state index contributed by atoms with van der Waals surface area (Å²) in [5.74, 6) is 1.40. The van der Waals surface area contributed by atoms with Crippen molar-refractivity contribution in [3.63, 3.8) is 0 Å². The molecule has 1 aliphatic rings. The maximum Gasteiger partial charge on any atom is 0.129 e. The molecule has 2 rings (SSSR count). The van der Waals surface area contributed by atoms with Gasteiger partial charge in [-0.2, -0.15) is 0 Å². The molecule has 1 aromatic heterocycles. The summed E-state index contributed by atoms with van der Waals surface area (Å²) < 4.78 is 0. The molecule has 1 fully saturated rings. The molecule has 0 spiro atoms. The summed E-state index contributed by atoms with van der Waals surface area (Å²) in [7, 11) is 2.15. The maximum atomic E-state index is 9.35. The molecular formula is C14H23N3O. The summed E-state index contributed by atoms with van der Waals surface area (Å²) in [5, 5.41) is 9.35. The minimum atomic E-state index is 0.0863. The van der Waals surface area contributed by atoms with Gasteiger partial charge in [0, 0.05) is 31.9 Å². The van der Waals surface area contributed by atoms with Crippen LogP contribution in [0.3, 0.4) is 0 Å². The number of aliphatic hydroxyl groups is 1. The van der Waals surface area contributed by atoms with E-state index < -0.39 is 0 Å². The molecule has 4 heteroatoms. The van der Waals surface area contributed by atoms with E-state index in [1.165, 1.54) is 0 Å². The monoisotopic (exact) mass is 249 g/mol. The van der Waals surface area contributed by atoms with Crippen molar-refractivity contribution in [3.8, 4) is 0 Å². The van der Waals surface area contributed by atoms with Crippen LogP contribution in [0.5, 0.6) is 0 Å². The normalized spacial score (nSPS) is 17.5. The highest BCUT2D eigenvalue weighted by Crippen LogP contribution is 2.21. The Morgan fingerprint density at radius 1 is 1.22 bits per heavy atom. The van der Waals surface area contributed by atoms with Crippen LogP contribution in [0, 0.1) is 0 Å². The summed E-state index contributed by atoms with van der Waals surface area (Å²) in [6, 6.07) is 4.02. The molecule has 0 aliphatic carbocycles. The average molecular weight is 249 g/mol. The second-order valence-corrected chi connectivity index (χ2v) is 5.36. The maximum absolute atomic E-state index is 9.35. The molecule has 18 heavy (non-hydrogen) atoms. The second-order valence-electron chi connectivity index (χ2n) is 5.36. The molecule has 0 radical (unpaired) electrons. The van der Waals surface area contributed by atoms with E-state index in [2.05, 4.69) is 30.7 Å². The highest BCUT2D eigenvalue weighted by molar-refractivity contribution is 5.43. The minimum absolute atomic E-state index is 0.0863. The van der Waals surface area contributed by atoms with Crippen LogP contribution in [-0.4, -0.2) is 48.2 Å². The number of nitrogens with zero attached hydrogens (tertiary/aromatic N) is 3. The first kappa shape index (κ1) is 13.3. The van der Waals surface area contributed by atoms with E-state index in [1.807, 2.05) is 12.1 Å². The zero-order valence-corrected chi connectivity index (χ0v) is 11.6. The van der Waals surface area contributed by atoms with Crippen LogP contribution >= 0.6 is 0 Å². The molecule has 1 N–H and O–H groups in total. The van der Waals surface area contributed by atoms with Gasteiger partial charge in [-0.25, -0.2) is 4.98 Å². The molecule has 0 bridgehead atoms. The van der Waals surface area contributed by atoms with E-state index in [4.69, 9.17) is 4.98 Å². The van der Waals surface area contributed by atoms with Crippen molar-refractivity contribution >= 4 is 5.82 Å². The van der Waals surface area contributed by atoms with Crippen LogP contribution in [0.15, 0.2) is 12.1 Å². The van der Waals surface area contributed by atoms with Gasteiger partial charge >= 0.3 is 0 Å². The van der Waals surface area contributed by atoms with Gasteiger partial charge < -0.3 is 14.9 Å². The van der Waals surface area contributed by atoms with Gasteiger partial charge in [-0.1, -0.05) is 13.8 Å². The van der Waals surface area contributed by atoms with Gasteiger partial charge in [0.1, 0.15) is 5.82 Å². The molecule has 1 aromatic rings. The number of anilines is 1. The molecule has 0 atom stereocenters. The van der Waals surface area contributed by atoms with Gasteiger partial charge in [-0.05, 0) is 30.7 Å². The number of aromatic nitrogens is 1. The molecule has 0 unspecified atom stereocenters. The van der Waals surface area contributed by atoms with E-state index in [-0.39, 0.29) is 6.61 Å². The van der Waals surface area contributed by atoms with Gasteiger partial charge in [-0.15, -0.1) is 0 Å². The average Bonchev–Trinajstić information content (AvgIpc) is 2.39. The molecule has 0 saturated carbocycles. The smallest absolute Gasteiger partial charge is 0.129 e. The lowest BCUT2D eigenvalue weighted by molar-refractivity contribution is 0.281. The fraction of sp³-hybridized carbons (Fsp3) is 0.643. The number of hydrogen-bond donors (Lipinski definition) is 1. The third-order valence-electron chi connectivity index (χ3n) is 3.49. The molecule has 1 aliphatic heterocycles. The van der Waals surface area contributed by atoms with Gasteiger partial charge in [-0.3, -0.25) is 0 Å². The van der Waals surface area contributed by atoms with E-state index in [0.29, 0.717) is 5.92 Å². The Morgan fingerprint density at radius 3 is 2.44 bits per heavy atom. The van der Waals surface area contributed by atoms with Crippen molar-refractivity contribution in [2.24, 2.45) is 0 Å². The number of rotatable bonds is 3. The van der Waals surface area contributed by atoms with E-state index in [9.17, 15) is 5.11 Å². The van der Waals surface area contributed by atoms with Gasteiger partial charge in [0.2, 0.25) is 0 Å². The largest absolute Gasteiger partial charge is 0.392 e. The molecule has 0 amide bonds. The minimum Gasteiger partial charge on any atom is -0.392 e. The van der Waals surface area contributed by atoms with Crippen molar-refractivity contribution < 1.29 is 5.11 Å². The van der Waals surface area contributed by atoms with Crippen molar-refractivity contribution in [3.05, 3.63) is 23.4 Å². The number of piperazine rings is 1. The highest BCUT2D eigenvalue weighted by Gasteiger charge is 2.16. The number of likely N-dealkylation sites (N-methyl/N-ethyl adjacent to an activating group) is 1. The summed E-state index contributed by atoms with van der Waals surface area (Å²) in [4.78, 5) is 9.37. The second kappa shape index (κ2) is 5.67. The Balaban J connectivity index is 2.23. The number of aliphatic hydroxyl groups excluding tert-OH is 1. The topological polar surface area (TPSA) is 39.6 Å². The van der Waals surface area contributed by atoms with E-state index >= 15 is 0 Å². The fourth-order valence-electron chi connectivity index (χ4n) is 2.18. The third kappa shape index (κ3) is 3.00. The summed E-state index contributed by atoms with van der Waals surface area (Å²) in [6.45, 7) is 8.52. The first-order chi connectivity index (χ1) is 8.60. The SMILES string of the molecule is CC(C)c1cc(CO)cc(N2CCN(C)CC2)n1. The van der Waals surface area contributed by atoms with Gasteiger partial charge in [0.15, 0.2) is 0 Å². The fourth-order valence-corrected chi connectivity index (χ4v) is 2.18. The predicted molar refractivity (Wildman–Crippen MR) is 74.0 cm³/mol. The van der Waals surface area contributed by atoms with Crippen molar-refractivity contribution in [1.82, 2.24) is 9.88 Å². The van der Waals surface area contributed by atoms with Crippen LogP contribution in [0.2, 0.25) is 0 Å². The summed E-state index contributed by atoms with van der Waals surface area (Å²) in [5.41, 5.74) is 2.03. The Hall–Kier alpha value is -1.13. The highest BCUT2D eigenvalue weighted by atomic mass is 16.3. The Labute approximate surface area is 109 Å². The van der Waals surface area contributed by atoms with Crippen LogP contribution in [0.25, 0.3) is 0 Å². The molecule has 2 heterocycles. The standard InChI is InChI=1S/C14H23N3O/c1-11(2)13-8-12(10-18)9-14(15-13)17-6-4-16(3)5-7-17/h8-9,11,18H,4-7,10H2,1-3H3. The Kier molecular flexibility index (Phi) is 4.19. The number of pyridine rings is 1. The quantitative estimate of drug-likeness (QED) is 0.880. The van der Waals surface area contributed by atoms with E-state index in [0.717, 1.165) is 43.3 Å². The first-order valence-corrected chi connectivity index (χ1v) is 6.65. The van der Waals surface area contributed by atoms with Gasteiger partial charge in [0.25, 0.3) is 0 Å². The number of hydrogen-bond acceptors (Lipinski definition) is 4. The van der Waals surface area contributed by atoms with Crippen molar-refractivity contribution in [2.75, 3.05) is 38.1 Å². The summed E-state index contributed by atoms with van der Waals surface area (Å²) in [6.07, 6.45) is 0. The van der Waals surface area contributed by atoms with Crippen LogP contribution in [-0.2, 0) is 6.61 Å². The van der Waals surface area contributed by atoms with Gasteiger partial charge in [0.05, 0.1) is 6.61 Å². The van der Waals surface area contributed by atoms with Crippen molar-refractivity contribution in [1.29, 1.82) is 0 Å². The Bertz CT molecular complexity index is 398. The van der Waals surface area contributed by atoms with Crippen LogP contribution < -0.4 is 4.90 Å². The third-order valence-corrected chi connectivity index (χ3v) is 3.49. The lowest BCUT2D eigenvalue weighted by Crippen LogP contribution is -2.44. The lowest BCUT2D eigenvalue weighted by Gasteiger charge is -2.33. The summed E-state index contributed by atoms with van der Waals surface area (Å²) >= 11 is 0. The van der Waals surface area contributed by atoms with Crippen LogP contribution in [0.4, 0.5) is 5.82 Å². The first-order valence-electron chi connectivity index (χ1n) is 6.65. The molecular weight excluding hydrogens is 226 g/mol. The zero-order valence-electron chi connectivity index (χ0n) is 11.6. The Morgan fingerprint density at radius 2 is 1.89 bits per heavy atom. The lowest BCUT2D eigenvalue weighted by atomic mass is 10.1. The van der Waals surface area contributed by atoms with Crippen LogP contribution in [0.1, 0.15) is 31.0 Å². The van der Waals surface area contributed by atoms with E-state index in [1.54, 1.807) is 0 Å². The molecule has 1 saturated heterocycles. The van der Waals surface area contributed by atoms with Crippen molar-refractivity contribution in [2.45, 2.75) is 26.4 Å². The predicted octanol–water partition coefficient (Wildman–Crippen LogP) is 1.45. The molecule has 4 nitrogen and oxygen atoms in total.